The molecule has 0 aliphatic rings. The van der Waals surface area contributed by atoms with Crippen molar-refractivity contribution in [3.05, 3.63) is 34.1 Å². The van der Waals surface area contributed by atoms with Crippen LogP contribution in [-0.2, 0) is 6.54 Å². The number of Topliss-reactive ketones (excluding diaryl/α,β-unsaturated/α-hetero) is 1. The van der Waals surface area contributed by atoms with Crippen LogP contribution in [0.3, 0.4) is 0 Å². The van der Waals surface area contributed by atoms with E-state index in [9.17, 15) is 14.9 Å². The molecular weight excluding hydrogens is 472 g/mol. The number of hydrogen-bond donors (Lipinski definition) is 0. The fourth-order valence-electron chi connectivity index (χ4n) is 1.24. The smallest absolute Gasteiger partial charge is 0.390 e. The first kappa shape index (κ1) is 14.8. The highest BCUT2D eigenvalue weighted by molar-refractivity contribution is 9.12. The molecule has 0 aromatic carbocycles. The van der Waals surface area contributed by atoms with Gasteiger partial charge in [0, 0.05) is 26.6 Å². The van der Waals surface area contributed by atoms with Crippen LogP contribution < -0.4 is 0 Å². The molecule has 0 spiro atoms. The molecule has 0 aliphatic carbocycles. The van der Waals surface area contributed by atoms with Crippen molar-refractivity contribution in [2.24, 2.45) is 0 Å². The van der Waals surface area contributed by atoms with E-state index in [0.717, 1.165) is 8.47 Å². The molecule has 2 aromatic rings. The maximum Gasteiger partial charge on any atom is 0.492 e. The Labute approximate surface area is 135 Å². The lowest BCUT2D eigenvalue weighted by molar-refractivity contribution is -0.394. The third-order valence-corrected chi connectivity index (χ3v) is 4.96. The zero-order valence-electron chi connectivity index (χ0n) is 8.84. The minimum atomic E-state index is -0.719. The van der Waals surface area contributed by atoms with Crippen LogP contribution in [0.25, 0.3) is 0 Å². The van der Waals surface area contributed by atoms with Crippen LogP contribution in [-0.4, -0.2) is 25.5 Å². The second-order valence-electron chi connectivity index (χ2n) is 3.26. The summed E-state index contributed by atoms with van der Waals surface area (Å²) in [4.78, 5) is 25.4. The standard InChI is InChI=1S/C8H3Br3N4O3S/c9-5-1-3(6(10)19-5)4(16)2-14-7(11)12-8(13-14)15(17)18/h1H,2H2. The summed E-state index contributed by atoms with van der Waals surface area (Å²) < 4.78 is 2.78. The molecule has 100 valence electrons. The van der Waals surface area contributed by atoms with Gasteiger partial charge in [-0.15, -0.1) is 11.3 Å². The Morgan fingerprint density at radius 3 is 2.63 bits per heavy atom. The Hall–Kier alpha value is -0.650. The Bertz CT molecular complexity index is 668. The largest absolute Gasteiger partial charge is 0.492 e. The first-order valence-corrected chi connectivity index (χ1v) is 7.81. The van der Waals surface area contributed by atoms with Gasteiger partial charge in [-0.05, 0) is 47.8 Å². The molecule has 2 heterocycles. The van der Waals surface area contributed by atoms with Crippen molar-refractivity contribution < 1.29 is 9.72 Å². The molecule has 11 heteroatoms. The van der Waals surface area contributed by atoms with E-state index in [1.165, 1.54) is 11.3 Å². The minimum Gasteiger partial charge on any atom is -0.390 e. The monoisotopic (exact) mass is 472 g/mol. The molecule has 19 heavy (non-hydrogen) atoms. The Kier molecular flexibility index (Phi) is 4.48. The van der Waals surface area contributed by atoms with Gasteiger partial charge in [-0.3, -0.25) is 4.79 Å². The predicted molar refractivity (Wildman–Crippen MR) is 78.4 cm³/mol. The van der Waals surface area contributed by atoms with Gasteiger partial charge in [-0.1, -0.05) is 0 Å². The number of thiophene rings is 1. The summed E-state index contributed by atoms with van der Waals surface area (Å²) in [5, 5.41) is 14.2. The number of carbonyl (C=O) groups is 1. The van der Waals surface area contributed by atoms with Gasteiger partial charge < -0.3 is 10.1 Å². The van der Waals surface area contributed by atoms with E-state index < -0.39 is 10.9 Å². The molecule has 0 saturated carbocycles. The van der Waals surface area contributed by atoms with Crippen molar-refractivity contribution in [3.8, 4) is 0 Å². The lowest BCUT2D eigenvalue weighted by Crippen LogP contribution is -2.12. The second-order valence-corrected chi connectivity index (χ2v) is 7.72. The number of rotatable bonds is 4. The molecule has 2 rings (SSSR count). The summed E-state index contributed by atoms with van der Waals surface area (Å²) in [6, 6.07) is 1.68. The van der Waals surface area contributed by atoms with Crippen LogP contribution in [0.1, 0.15) is 10.4 Å². The minimum absolute atomic E-state index is 0.136. The number of ketones is 1. The molecule has 0 amide bonds. The molecule has 0 saturated heterocycles. The summed E-state index contributed by atoms with van der Waals surface area (Å²) in [5.41, 5.74) is 0.488. The quantitative estimate of drug-likeness (QED) is 0.384. The molecule has 0 N–H and O–H groups in total. The number of hydrogen-bond acceptors (Lipinski definition) is 6. The number of carbonyl (C=O) groups excluding carboxylic acids is 1. The van der Waals surface area contributed by atoms with E-state index in [2.05, 4.69) is 57.9 Å². The highest BCUT2D eigenvalue weighted by Crippen LogP contribution is 2.32. The fraction of sp³-hybridized carbons (Fsp3) is 0.125. The lowest BCUT2D eigenvalue weighted by atomic mass is 10.2. The van der Waals surface area contributed by atoms with Crippen molar-refractivity contribution in [1.82, 2.24) is 14.8 Å². The fourth-order valence-corrected chi connectivity index (χ4v) is 4.46. The molecule has 0 aliphatic heterocycles. The zero-order valence-corrected chi connectivity index (χ0v) is 14.4. The summed E-state index contributed by atoms with van der Waals surface area (Å²) in [7, 11) is 0. The van der Waals surface area contributed by atoms with E-state index in [1.54, 1.807) is 6.07 Å². The van der Waals surface area contributed by atoms with Gasteiger partial charge in [-0.25, -0.2) is 0 Å². The predicted octanol–water partition coefficient (Wildman–Crippen LogP) is 3.42. The van der Waals surface area contributed by atoms with E-state index in [4.69, 9.17) is 0 Å². The Balaban J connectivity index is 2.24. The topological polar surface area (TPSA) is 90.9 Å². The third kappa shape index (κ3) is 3.27. The Morgan fingerprint density at radius 1 is 1.47 bits per heavy atom. The van der Waals surface area contributed by atoms with Crippen LogP contribution in [0.15, 0.2) is 18.4 Å². The molecule has 2 aromatic heterocycles. The number of aromatic nitrogens is 3. The van der Waals surface area contributed by atoms with Crippen molar-refractivity contribution in [2.45, 2.75) is 6.54 Å². The molecular formula is C8H3Br3N4O3S. The van der Waals surface area contributed by atoms with Crippen LogP contribution >= 0.6 is 59.1 Å². The van der Waals surface area contributed by atoms with Crippen molar-refractivity contribution >= 4 is 70.9 Å². The van der Waals surface area contributed by atoms with Gasteiger partial charge in [0.1, 0.15) is 6.54 Å². The summed E-state index contributed by atoms with van der Waals surface area (Å²) >= 11 is 11.0. The third-order valence-electron chi connectivity index (χ3n) is 2.03. The van der Waals surface area contributed by atoms with E-state index in [0.29, 0.717) is 9.35 Å². The van der Waals surface area contributed by atoms with Gasteiger partial charge in [0.2, 0.25) is 0 Å². The van der Waals surface area contributed by atoms with Crippen LogP contribution in [0.4, 0.5) is 5.95 Å². The Morgan fingerprint density at radius 2 is 2.16 bits per heavy atom. The SMILES string of the molecule is O=C(Cn1nc([N+](=O)[O-])nc1Br)c1cc(Br)sc1Br. The number of nitro groups is 1. The average molecular weight is 475 g/mol. The number of nitrogens with zero attached hydrogens (tertiary/aromatic N) is 4. The van der Waals surface area contributed by atoms with E-state index >= 15 is 0 Å². The van der Waals surface area contributed by atoms with E-state index in [1.807, 2.05) is 0 Å². The first-order chi connectivity index (χ1) is 8.88. The van der Waals surface area contributed by atoms with Crippen molar-refractivity contribution in [2.75, 3.05) is 0 Å². The van der Waals surface area contributed by atoms with Crippen LogP contribution in [0, 0.1) is 10.1 Å². The zero-order chi connectivity index (χ0) is 14.2. The average Bonchev–Trinajstić information content (AvgIpc) is 2.83. The molecule has 0 atom stereocenters. The highest BCUT2D eigenvalue weighted by atomic mass is 79.9. The highest BCUT2D eigenvalue weighted by Gasteiger charge is 2.23. The van der Waals surface area contributed by atoms with Gasteiger partial charge in [0.15, 0.2) is 5.78 Å². The lowest BCUT2D eigenvalue weighted by Gasteiger charge is -1.97. The van der Waals surface area contributed by atoms with Crippen molar-refractivity contribution in [1.29, 1.82) is 0 Å². The summed E-state index contributed by atoms with van der Waals surface area (Å²) in [5.74, 6) is -0.778. The summed E-state index contributed by atoms with van der Waals surface area (Å²) in [6.07, 6.45) is 0. The van der Waals surface area contributed by atoms with Crippen LogP contribution in [0.5, 0.6) is 0 Å². The van der Waals surface area contributed by atoms with Crippen LogP contribution in [0.2, 0.25) is 0 Å². The summed E-state index contributed by atoms with van der Waals surface area (Å²) in [6.45, 7) is -0.136. The molecule has 0 fully saturated rings. The van der Waals surface area contributed by atoms with Gasteiger partial charge in [0.05, 0.1) is 7.57 Å². The normalized spacial score (nSPS) is 10.7. The van der Waals surface area contributed by atoms with Gasteiger partial charge in [0.25, 0.3) is 4.73 Å². The second kappa shape index (κ2) is 5.77. The molecule has 0 unspecified atom stereocenters. The van der Waals surface area contributed by atoms with Gasteiger partial charge in [-0.2, -0.15) is 4.68 Å². The van der Waals surface area contributed by atoms with Crippen molar-refractivity contribution in [3.63, 3.8) is 0 Å². The number of halogens is 3. The maximum atomic E-state index is 12.1. The molecule has 7 nitrogen and oxygen atoms in total. The van der Waals surface area contributed by atoms with E-state index in [-0.39, 0.29) is 17.1 Å². The molecule has 0 radical (unpaired) electrons. The van der Waals surface area contributed by atoms with Gasteiger partial charge >= 0.3 is 5.95 Å². The first-order valence-electron chi connectivity index (χ1n) is 4.61. The maximum absolute atomic E-state index is 12.1. The molecule has 0 bridgehead atoms.